The molecule has 0 aliphatic carbocycles. The number of aromatic nitrogens is 1. The van der Waals surface area contributed by atoms with Gasteiger partial charge in [0, 0.05) is 12.3 Å². The second-order valence-corrected chi connectivity index (χ2v) is 3.55. The highest BCUT2D eigenvalue weighted by Gasteiger charge is 2.07. The third-order valence-electron chi connectivity index (χ3n) is 2.00. The van der Waals surface area contributed by atoms with E-state index in [1.54, 1.807) is 12.1 Å². The highest BCUT2D eigenvalue weighted by molar-refractivity contribution is 6.30. The van der Waals surface area contributed by atoms with Gasteiger partial charge < -0.3 is 4.74 Å². The third-order valence-corrected chi connectivity index (χ3v) is 2.30. The number of benzene rings is 1. The lowest BCUT2D eigenvalue weighted by Crippen LogP contribution is -1.91. The van der Waals surface area contributed by atoms with E-state index in [4.69, 9.17) is 21.6 Å². The van der Waals surface area contributed by atoms with Crippen molar-refractivity contribution in [3.05, 3.63) is 53.1 Å². The Hall–Kier alpha value is -2.12. The van der Waals surface area contributed by atoms with Crippen LogP contribution < -0.4 is 4.74 Å². The van der Waals surface area contributed by atoms with E-state index in [-0.39, 0.29) is 22.2 Å². The quantitative estimate of drug-likeness (QED) is 0.817. The first-order chi connectivity index (χ1) is 8.20. The van der Waals surface area contributed by atoms with Crippen LogP contribution in [0.15, 0.2) is 36.5 Å². The summed E-state index contributed by atoms with van der Waals surface area (Å²) in [4.78, 5) is 3.83. The first kappa shape index (κ1) is 11.4. The number of hydrogen-bond donors (Lipinski definition) is 0. The predicted molar refractivity (Wildman–Crippen MR) is 60.4 cm³/mol. The summed E-state index contributed by atoms with van der Waals surface area (Å²) in [5.41, 5.74) is 0.142. The van der Waals surface area contributed by atoms with Crippen LogP contribution in [0.4, 0.5) is 4.39 Å². The lowest BCUT2D eigenvalue weighted by Gasteiger charge is -2.06. The van der Waals surface area contributed by atoms with Gasteiger partial charge in [0.05, 0.1) is 5.02 Å². The summed E-state index contributed by atoms with van der Waals surface area (Å²) in [5.74, 6) is -0.0420. The average molecular weight is 249 g/mol. The van der Waals surface area contributed by atoms with Crippen molar-refractivity contribution in [2.75, 3.05) is 0 Å². The Bertz CT molecular complexity index is 595. The molecule has 84 valence electrons. The summed E-state index contributed by atoms with van der Waals surface area (Å²) in [6, 6.07) is 9.14. The van der Waals surface area contributed by atoms with E-state index in [1.165, 1.54) is 18.3 Å². The molecule has 2 aromatic rings. The van der Waals surface area contributed by atoms with Gasteiger partial charge >= 0.3 is 0 Å². The zero-order chi connectivity index (χ0) is 12.3. The number of nitriles is 1. The highest BCUT2D eigenvalue weighted by Crippen LogP contribution is 2.26. The van der Waals surface area contributed by atoms with Crippen LogP contribution in [0.25, 0.3) is 0 Å². The molecular weight excluding hydrogens is 243 g/mol. The maximum atomic E-state index is 13.2. The van der Waals surface area contributed by atoms with Gasteiger partial charge in [-0.3, -0.25) is 0 Å². The van der Waals surface area contributed by atoms with Crippen LogP contribution in [0.3, 0.4) is 0 Å². The van der Waals surface area contributed by atoms with E-state index < -0.39 is 5.82 Å². The van der Waals surface area contributed by atoms with Crippen molar-refractivity contribution in [2.45, 2.75) is 0 Å². The fourth-order valence-electron chi connectivity index (χ4n) is 1.22. The average Bonchev–Trinajstić information content (AvgIpc) is 2.34. The summed E-state index contributed by atoms with van der Waals surface area (Å²) in [6.45, 7) is 0. The fourth-order valence-corrected chi connectivity index (χ4v) is 1.34. The zero-order valence-electron chi connectivity index (χ0n) is 8.52. The van der Waals surface area contributed by atoms with E-state index in [9.17, 15) is 4.39 Å². The smallest absolute Gasteiger partial charge is 0.183 e. The van der Waals surface area contributed by atoms with Crippen LogP contribution in [-0.2, 0) is 0 Å². The van der Waals surface area contributed by atoms with E-state index in [2.05, 4.69) is 4.98 Å². The van der Waals surface area contributed by atoms with Crippen molar-refractivity contribution < 1.29 is 9.13 Å². The molecule has 0 aliphatic rings. The molecule has 0 radical (unpaired) electrons. The van der Waals surface area contributed by atoms with Gasteiger partial charge in [-0.15, -0.1) is 0 Å². The minimum absolute atomic E-state index is 0.0176. The van der Waals surface area contributed by atoms with E-state index in [1.807, 2.05) is 6.07 Å². The van der Waals surface area contributed by atoms with Gasteiger partial charge in [-0.05, 0) is 24.3 Å². The van der Waals surface area contributed by atoms with E-state index >= 15 is 0 Å². The monoisotopic (exact) mass is 248 g/mol. The van der Waals surface area contributed by atoms with Gasteiger partial charge in [0.25, 0.3) is 0 Å². The molecule has 0 bridgehead atoms. The van der Waals surface area contributed by atoms with Crippen molar-refractivity contribution in [3.8, 4) is 17.6 Å². The van der Waals surface area contributed by atoms with Crippen LogP contribution in [0.5, 0.6) is 11.5 Å². The molecule has 1 heterocycles. The molecule has 17 heavy (non-hydrogen) atoms. The molecule has 0 aliphatic heterocycles. The molecule has 0 N–H and O–H groups in total. The molecule has 0 saturated heterocycles. The number of hydrogen-bond acceptors (Lipinski definition) is 3. The number of nitrogens with zero attached hydrogens (tertiary/aromatic N) is 2. The summed E-state index contributed by atoms with van der Waals surface area (Å²) < 4.78 is 18.5. The molecule has 0 atom stereocenters. The van der Waals surface area contributed by atoms with Crippen molar-refractivity contribution in [1.82, 2.24) is 4.98 Å². The van der Waals surface area contributed by atoms with Gasteiger partial charge in [-0.1, -0.05) is 11.6 Å². The Balaban J connectivity index is 2.32. The van der Waals surface area contributed by atoms with Crippen molar-refractivity contribution in [2.24, 2.45) is 0 Å². The minimum atomic E-state index is -0.577. The summed E-state index contributed by atoms with van der Waals surface area (Å²) in [6.07, 6.45) is 1.48. The van der Waals surface area contributed by atoms with Crippen LogP contribution in [0.2, 0.25) is 5.02 Å². The van der Waals surface area contributed by atoms with Gasteiger partial charge in [-0.25, -0.2) is 9.37 Å². The van der Waals surface area contributed by atoms with Crippen LogP contribution in [-0.4, -0.2) is 4.98 Å². The first-order valence-corrected chi connectivity index (χ1v) is 5.06. The van der Waals surface area contributed by atoms with E-state index in [0.29, 0.717) is 0 Å². The molecule has 0 unspecified atom stereocenters. The van der Waals surface area contributed by atoms with Crippen LogP contribution in [0, 0.1) is 17.1 Å². The molecule has 0 fully saturated rings. The maximum absolute atomic E-state index is 13.2. The Labute approximate surface area is 102 Å². The normalized spacial score (nSPS) is 9.71. The summed E-state index contributed by atoms with van der Waals surface area (Å²) >= 11 is 5.55. The molecule has 0 spiro atoms. The van der Waals surface area contributed by atoms with Gasteiger partial charge in [-0.2, -0.15) is 5.26 Å². The molecule has 3 nitrogen and oxygen atoms in total. The topological polar surface area (TPSA) is 45.9 Å². The summed E-state index contributed by atoms with van der Waals surface area (Å²) in [5, 5.41) is 8.83. The standard InChI is InChI=1S/C12H6ClFN2O/c13-9-4-3-8(6-10(9)14)17-12-2-1-5-16-11(12)7-15/h1-6H. The number of halogens is 2. The second-order valence-electron chi connectivity index (χ2n) is 3.14. The molecule has 5 heteroatoms. The Morgan fingerprint density at radius 3 is 2.88 bits per heavy atom. The molecule has 2 rings (SSSR count). The van der Waals surface area contributed by atoms with Crippen LogP contribution >= 0.6 is 11.6 Å². The van der Waals surface area contributed by atoms with Gasteiger partial charge in [0.15, 0.2) is 11.4 Å². The molecule has 1 aromatic carbocycles. The fraction of sp³-hybridized carbons (Fsp3) is 0. The lowest BCUT2D eigenvalue weighted by molar-refractivity contribution is 0.473. The molecule has 1 aromatic heterocycles. The summed E-state index contributed by atoms with van der Waals surface area (Å²) in [7, 11) is 0. The number of rotatable bonds is 2. The Morgan fingerprint density at radius 1 is 1.35 bits per heavy atom. The largest absolute Gasteiger partial charge is 0.454 e. The van der Waals surface area contributed by atoms with Gasteiger partial charge in [0.1, 0.15) is 17.6 Å². The maximum Gasteiger partial charge on any atom is 0.183 e. The van der Waals surface area contributed by atoms with Crippen molar-refractivity contribution in [1.29, 1.82) is 5.26 Å². The molecule has 0 saturated carbocycles. The molecule has 0 amide bonds. The first-order valence-electron chi connectivity index (χ1n) is 4.69. The Morgan fingerprint density at radius 2 is 2.18 bits per heavy atom. The van der Waals surface area contributed by atoms with E-state index in [0.717, 1.165) is 6.07 Å². The van der Waals surface area contributed by atoms with Gasteiger partial charge in [0.2, 0.25) is 0 Å². The third kappa shape index (κ3) is 2.52. The number of ether oxygens (including phenoxy) is 1. The van der Waals surface area contributed by atoms with Crippen molar-refractivity contribution >= 4 is 11.6 Å². The SMILES string of the molecule is N#Cc1ncccc1Oc1ccc(Cl)c(F)c1. The minimum Gasteiger partial charge on any atom is -0.454 e. The molecular formula is C12H6ClFN2O. The highest BCUT2D eigenvalue weighted by atomic mass is 35.5. The van der Waals surface area contributed by atoms with Crippen LogP contribution in [0.1, 0.15) is 5.69 Å². The lowest BCUT2D eigenvalue weighted by atomic mass is 10.3. The zero-order valence-corrected chi connectivity index (χ0v) is 9.28. The second kappa shape index (κ2) is 4.81. The van der Waals surface area contributed by atoms with Crippen molar-refractivity contribution in [3.63, 3.8) is 0 Å². The predicted octanol–water partition coefficient (Wildman–Crippen LogP) is 3.54. The Kier molecular flexibility index (Phi) is 3.22. The number of pyridine rings is 1.